The van der Waals surface area contributed by atoms with E-state index in [1.165, 1.54) is 11.1 Å². The van der Waals surface area contributed by atoms with Gasteiger partial charge in [0.1, 0.15) is 0 Å². The van der Waals surface area contributed by atoms with Gasteiger partial charge in [-0.25, -0.2) is 0 Å². The van der Waals surface area contributed by atoms with Crippen molar-refractivity contribution in [2.45, 2.75) is 45.6 Å². The lowest BCUT2D eigenvalue weighted by Gasteiger charge is -2.19. The molecule has 1 aromatic carbocycles. The molecule has 1 unspecified atom stereocenters. The van der Waals surface area contributed by atoms with Crippen LogP contribution in [0.25, 0.3) is 0 Å². The summed E-state index contributed by atoms with van der Waals surface area (Å²) in [6, 6.07) is 9.01. The normalized spacial score (nSPS) is 13.7. The van der Waals surface area contributed by atoms with Crippen LogP contribution in [0.1, 0.15) is 38.8 Å². The molecule has 1 aromatic rings. The van der Waals surface area contributed by atoms with Gasteiger partial charge in [-0.3, -0.25) is 0 Å². The van der Waals surface area contributed by atoms with E-state index in [2.05, 4.69) is 50.4 Å². The summed E-state index contributed by atoms with van der Waals surface area (Å²) in [7, 11) is 0. The van der Waals surface area contributed by atoms with E-state index in [1.54, 1.807) is 0 Å². The van der Waals surface area contributed by atoms with E-state index >= 15 is 0 Å². The van der Waals surface area contributed by atoms with Crippen molar-refractivity contribution < 1.29 is 5.11 Å². The van der Waals surface area contributed by atoms with Gasteiger partial charge in [-0.1, -0.05) is 45.0 Å². The van der Waals surface area contributed by atoms with Crippen LogP contribution in [-0.4, -0.2) is 24.3 Å². The van der Waals surface area contributed by atoms with Crippen LogP contribution in [0.2, 0.25) is 0 Å². The fourth-order valence-corrected chi connectivity index (χ4v) is 1.70. The lowest BCUT2D eigenvalue weighted by molar-refractivity contribution is 0.252. The first-order valence-electron chi connectivity index (χ1n) is 6.37. The number of hydrogen-bond acceptors (Lipinski definition) is 2. The Kier molecular flexibility index (Phi) is 5.16. The Bertz CT molecular complexity index is 324. The Labute approximate surface area is 105 Å². The zero-order valence-corrected chi connectivity index (χ0v) is 11.5. The van der Waals surface area contributed by atoms with Crippen LogP contribution < -0.4 is 5.32 Å². The molecule has 17 heavy (non-hydrogen) atoms. The topological polar surface area (TPSA) is 32.3 Å². The Morgan fingerprint density at radius 1 is 1.18 bits per heavy atom. The second kappa shape index (κ2) is 6.18. The highest BCUT2D eigenvalue weighted by Crippen LogP contribution is 2.22. The van der Waals surface area contributed by atoms with E-state index in [0.29, 0.717) is 0 Å². The third-order valence-corrected chi connectivity index (χ3v) is 3.00. The number of aliphatic hydroxyl groups is 1. The van der Waals surface area contributed by atoms with Crippen LogP contribution in [0.15, 0.2) is 24.3 Å². The third-order valence-electron chi connectivity index (χ3n) is 3.00. The summed E-state index contributed by atoms with van der Waals surface area (Å²) >= 11 is 0. The van der Waals surface area contributed by atoms with Gasteiger partial charge in [-0.05, 0) is 36.4 Å². The SMILES string of the molecule is CC(CO)NCCc1ccc(C(C)(C)C)cc1. The van der Waals surface area contributed by atoms with Crippen molar-refractivity contribution in [3.8, 4) is 0 Å². The zero-order chi connectivity index (χ0) is 12.9. The zero-order valence-electron chi connectivity index (χ0n) is 11.5. The van der Waals surface area contributed by atoms with Gasteiger partial charge >= 0.3 is 0 Å². The van der Waals surface area contributed by atoms with Crippen LogP contribution in [0, 0.1) is 0 Å². The summed E-state index contributed by atoms with van der Waals surface area (Å²) in [5.41, 5.74) is 2.94. The van der Waals surface area contributed by atoms with E-state index < -0.39 is 0 Å². The first kappa shape index (κ1) is 14.2. The van der Waals surface area contributed by atoms with Crippen molar-refractivity contribution in [1.29, 1.82) is 0 Å². The second-order valence-corrected chi connectivity index (χ2v) is 5.73. The van der Waals surface area contributed by atoms with E-state index in [0.717, 1.165) is 13.0 Å². The quantitative estimate of drug-likeness (QED) is 0.822. The number of benzene rings is 1. The van der Waals surface area contributed by atoms with E-state index in [4.69, 9.17) is 5.11 Å². The van der Waals surface area contributed by atoms with Gasteiger partial charge in [0.15, 0.2) is 0 Å². The molecular weight excluding hydrogens is 210 g/mol. The summed E-state index contributed by atoms with van der Waals surface area (Å²) in [6.45, 7) is 9.79. The maximum absolute atomic E-state index is 8.90. The molecule has 2 nitrogen and oxygen atoms in total. The monoisotopic (exact) mass is 235 g/mol. The molecule has 0 aliphatic heterocycles. The highest BCUT2D eigenvalue weighted by atomic mass is 16.3. The van der Waals surface area contributed by atoms with E-state index in [1.807, 2.05) is 6.92 Å². The lowest BCUT2D eigenvalue weighted by Crippen LogP contribution is -2.30. The summed E-state index contributed by atoms with van der Waals surface area (Å²) in [5.74, 6) is 0. The minimum Gasteiger partial charge on any atom is -0.395 e. The van der Waals surface area contributed by atoms with Crippen molar-refractivity contribution in [1.82, 2.24) is 5.32 Å². The molecule has 0 saturated carbocycles. The molecule has 0 saturated heterocycles. The third kappa shape index (κ3) is 4.88. The van der Waals surface area contributed by atoms with Crippen molar-refractivity contribution in [2.75, 3.05) is 13.2 Å². The van der Waals surface area contributed by atoms with Gasteiger partial charge in [0.05, 0.1) is 6.61 Å². The molecule has 0 fully saturated rings. The summed E-state index contributed by atoms with van der Waals surface area (Å²) in [5, 5.41) is 12.2. The van der Waals surface area contributed by atoms with E-state index in [9.17, 15) is 0 Å². The maximum atomic E-state index is 8.90. The van der Waals surface area contributed by atoms with Gasteiger partial charge in [0.2, 0.25) is 0 Å². The second-order valence-electron chi connectivity index (χ2n) is 5.73. The fourth-order valence-electron chi connectivity index (χ4n) is 1.70. The van der Waals surface area contributed by atoms with Crippen molar-refractivity contribution in [2.24, 2.45) is 0 Å². The Morgan fingerprint density at radius 3 is 2.24 bits per heavy atom. The first-order valence-corrected chi connectivity index (χ1v) is 6.37. The van der Waals surface area contributed by atoms with Gasteiger partial charge < -0.3 is 10.4 Å². The molecule has 0 radical (unpaired) electrons. The van der Waals surface area contributed by atoms with Crippen LogP contribution >= 0.6 is 0 Å². The maximum Gasteiger partial charge on any atom is 0.0581 e. The van der Waals surface area contributed by atoms with Crippen LogP contribution in [0.3, 0.4) is 0 Å². The number of aliphatic hydroxyl groups excluding tert-OH is 1. The van der Waals surface area contributed by atoms with Gasteiger partial charge in [0, 0.05) is 6.04 Å². The van der Waals surface area contributed by atoms with E-state index in [-0.39, 0.29) is 18.1 Å². The van der Waals surface area contributed by atoms with Crippen LogP contribution in [0.5, 0.6) is 0 Å². The molecule has 2 heteroatoms. The van der Waals surface area contributed by atoms with Gasteiger partial charge in [-0.15, -0.1) is 0 Å². The molecular formula is C15H25NO. The van der Waals surface area contributed by atoms with Crippen molar-refractivity contribution in [3.05, 3.63) is 35.4 Å². The molecule has 2 N–H and O–H groups in total. The molecule has 96 valence electrons. The predicted octanol–water partition coefficient (Wildman–Crippen LogP) is 2.50. The molecule has 0 aliphatic carbocycles. The standard InChI is InChI=1S/C15H25NO/c1-12(11-17)16-10-9-13-5-7-14(8-6-13)15(2,3)4/h5-8,12,16-17H,9-11H2,1-4H3. The minimum atomic E-state index is 0.184. The van der Waals surface area contributed by atoms with Gasteiger partial charge in [-0.2, -0.15) is 0 Å². The number of hydrogen-bond donors (Lipinski definition) is 2. The van der Waals surface area contributed by atoms with Crippen LogP contribution in [0.4, 0.5) is 0 Å². The fraction of sp³-hybridized carbons (Fsp3) is 0.600. The van der Waals surface area contributed by atoms with Crippen molar-refractivity contribution >= 4 is 0 Å². The average molecular weight is 235 g/mol. The molecule has 1 atom stereocenters. The lowest BCUT2D eigenvalue weighted by atomic mass is 9.86. The molecule has 0 aromatic heterocycles. The minimum absolute atomic E-state index is 0.184. The summed E-state index contributed by atoms with van der Waals surface area (Å²) in [6.07, 6.45) is 1.01. The average Bonchev–Trinajstić information content (AvgIpc) is 2.28. The highest BCUT2D eigenvalue weighted by Gasteiger charge is 2.12. The summed E-state index contributed by atoms with van der Waals surface area (Å²) < 4.78 is 0. The first-order chi connectivity index (χ1) is 7.93. The number of rotatable bonds is 5. The highest BCUT2D eigenvalue weighted by molar-refractivity contribution is 5.27. The molecule has 0 bridgehead atoms. The molecule has 1 rings (SSSR count). The van der Waals surface area contributed by atoms with Gasteiger partial charge in [0.25, 0.3) is 0 Å². The summed E-state index contributed by atoms with van der Waals surface area (Å²) in [4.78, 5) is 0. The Balaban J connectivity index is 2.46. The van der Waals surface area contributed by atoms with Crippen molar-refractivity contribution in [3.63, 3.8) is 0 Å². The molecule has 0 spiro atoms. The molecule has 0 aliphatic rings. The number of nitrogens with one attached hydrogen (secondary N) is 1. The molecule has 0 heterocycles. The van der Waals surface area contributed by atoms with Crippen LogP contribution in [-0.2, 0) is 11.8 Å². The largest absolute Gasteiger partial charge is 0.395 e. The predicted molar refractivity (Wildman–Crippen MR) is 73.4 cm³/mol. The molecule has 0 amide bonds. The smallest absolute Gasteiger partial charge is 0.0581 e. The Hall–Kier alpha value is -0.860. The Morgan fingerprint density at radius 2 is 1.76 bits per heavy atom.